The van der Waals surface area contributed by atoms with Crippen molar-refractivity contribution in [1.29, 1.82) is 0 Å². The molecule has 0 aromatic rings. The Morgan fingerprint density at radius 2 is 1.05 bits per heavy atom. The minimum Gasteiger partial charge on any atom is -0.480 e. The number of allylic oxidation sites excluding steroid dienone is 13. The molecule has 0 aromatic carbocycles. The van der Waals surface area contributed by atoms with Crippen LogP contribution in [0.1, 0.15) is 168 Å². The van der Waals surface area contributed by atoms with Crippen LogP contribution in [0.25, 0.3) is 0 Å². The number of rotatable bonds is 38. The lowest BCUT2D eigenvalue weighted by Crippen LogP contribution is -2.47. The molecule has 9 nitrogen and oxygen atoms in total. The van der Waals surface area contributed by atoms with Crippen molar-refractivity contribution in [3.63, 3.8) is 0 Å². The standard InChI is InChI=1S/C48H78N2O7/c1-3-5-7-9-11-13-15-17-19-20-21-22-24-26-28-30-32-34-40-47(54)57-43(37-33-31-29-27-25-23-18-16-14-12-10-8-6-4-2)38-35-36-39-45(52)49-41-46(53)50-44(42-51)48(55)56/h6,8,12-15,18-20,23,27,29,33,37,43-44,51H,3-5,7,9-11,16-17,21-22,24-26,28,30-32,34-36,38-42H2,1-2H3,(H,49,52)(H,50,53)(H,55,56)/b8-6-,14-12-,15-13-,20-19-,23-18-,29-27-,37-33-. The van der Waals surface area contributed by atoms with Gasteiger partial charge in [-0.15, -0.1) is 0 Å². The first-order valence-corrected chi connectivity index (χ1v) is 22.0. The molecule has 0 aliphatic rings. The van der Waals surface area contributed by atoms with Gasteiger partial charge in [0.2, 0.25) is 11.8 Å². The molecule has 9 heteroatoms. The summed E-state index contributed by atoms with van der Waals surface area (Å²) in [6.45, 7) is 3.26. The number of nitrogens with one attached hydrogen (secondary N) is 2. The van der Waals surface area contributed by atoms with Crippen LogP contribution in [0.3, 0.4) is 0 Å². The zero-order valence-corrected chi connectivity index (χ0v) is 35.6. The lowest BCUT2D eigenvalue weighted by Gasteiger charge is -2.15. The first kappa shape index (κ1) is 53.0. The van der Waals surface area contributed by atoms with Crippen LogP contribution in [0.2, 0.25) is 0 Å². The summed E-state index contributed by atoms with van der Waals surface area (Å²) in [5, 5.41) is 22.6. The normalized spacial score (nSPS) is 13.3. The fraction of sp³-hybridized carbons (Fsp3) is 0.625. The number of aliphatic hydroxyl groups is 1. The van der Waals surface area contributed by atoms with Crippen LogP contribution in [0, 0.1) is 0 Å². The summed E-state index contributed by atoms with van der Waals surface area (Å²) in [6, 6.07) is -1.42. The fourth-order valence-corrected chi connectivity index (χ4v) is 5.75. The molecule has 0 rings (SSSR count). The maximum absolute atomic E-state index is 12.8. The van der Waals surface area contributed by atoms with E-state index in [2.05, 4.69) is 97.4 Å². The third kappa shape index (κ3) is 38.7. The number of carbonyl (C=O) groups is 4. The summed E-state index contributed by atoms with van der Waals surface area (Å²) >= 11 is 0. The van der Waals surface area contributed by atoms with Crippen LogP contribution in [0.4, 0.5) is 0 Å². The highest BCUT2D eigenvalue weighted by molar-refractivity contribution is 5.87. The average Bonchev–Trinajstić information content (AvgIpc) is 3.20. The highest BCUT2D eigenvalue weighted by Crippen LogP contribution is 2.14. The number of unbranched alkanes of at least 4 members (excludes halogenated alkanes) is 12. The van der Waals surface area contributed by atoms with Gasteiger partial charge >= 0.3 is 11.9 Å². The van der Waals surface area contributed by atoms with Gasteiger partial charge in [-0.05, 0) is 96.0 Å². The number of aliphatic hydroxyl groups excluding tert-OH is 1. The Labute approximate surface area is 346 Å². The van der Waals surface area contributed by atoms with Crippen molar-refractivity contribution in [2.45, 2.75) is 180 Å². The monoisotopic (exact) mass is 795 g/mol. The van der Waals surface area contributed by atoms with Gasteiger partial charge in [0, 0.05) is 12.8 Å². The molecule has 0 aliphatic heterocycles. The van der Waals surface area contributed by atoms with E-state index in [1.54, 1.807) is 0 Å². The molecule has 2 unspecified atom stereocenters. The minimum absolute atomic E-state index is 0.176. The third-order valence-electron chi connectivity index (χ3n) is 9.11. The smallest absolute Gasteiger partial charge is 0.328 e. The first-order chi connectivity index (χ1) is 27.8. The number of esters is 1. The molecule has 0 spiro atoms. The van der Waals surface area contributed by atoms with Crippen LogP contribution >= 0.6 is 0 Å². The largest absolute Gasteiger partial charge is 0.480 e. The van der Waals surface area contributed by atoms with E-state index >= 15 is 0 Å². The highest BCUT2D eigenvalue weighted by Gasteiger charge is 2.19. The molecule has 2 amide bonds. The Hall–Kier alpha value is -3.98. The van der Waals surface area contributed by atoms with E-state index in [1.807, 2.05) is 12.2 Å². The quantitative estimate of drug-likeness (QED) is 0.0277. The second-order valence-electron chi connectivity index (χ2n) is 14.4. The molecule has 0 bridgehead atoms. The fourth-order valence-electron chi connectivity index (χ4n) is 5.75. The van der Waals surface area contributed by atoms with Crippen molar-refractivity contribution in [3.05, 3.63) is 85.1 Å². The number of amides is 2. The Morgan fingerprint density at radius 3 is 1.60 bits per heavy atom. The van der Waals surface area contributed by atoms with Crippen molar-refractivity contribution in [2.24, 2.45) is 0 Å². The predicted molar refractivity (Wildman–Crippen MR) is 236 cm³/mol. The maximum Gasteiger partial charge on any atom is 0.328 e. The van der Waals surface area contributed by atoms with E-state index in [9.17, 15) is 19.2 Å². The van der Waals surface area contributed by atoms with E-state index in [1.165, 1.54) is 57.8 Å². The lowest BCUT2D eigenvalue weighted by molar-refractivity contribution is -0.147. The van der Waals surface area contributed by atoms with Crippen LogP contribution in [-0.2, 0) is 23.9 Å². The third-order valence-corrected chi connectivity index (χ3v) is 9.11. The summed E-state index contributed by atoms with van der Waals surface area (Å²) in [6.07, 6.45) is 53.3. The number of aliphatic carboxylic acids is 1. The van der Waals surface area contributed by atoms with Crippen LogP contribution in [0.15, 0.2) is 85.1 Å². The van der Waals surface area contributed by atoms with Gasteiger partial charge in [-0.1, -0.05) is 144 Å². The number of carboxylic acid groups (broad SMARTS) is 1. The zero-order chi connectivity index (χ0) is 41.9. The Morgan fingerprint density at radius 1 is 0.561 bits per heavy atom. The summed E-state index contributed by atoms with van der Waals surface area (Å²) in [5.41, 5.74) is 0. The Balaban J connectivity index is 4.53. The molecular formula is C48H78N2O7. The molecule has 0 heterocycles. The van der Waals surface area contributed by atoms with Gasteiger partial charge in [-0.3, -0.25) is 14.4 Å². The molecule has 0 saturated heterocycles. The van der Waals surface area contributed by atoms with Gasteiger partial charge in [-0.2, -0.15) is 0 Å². The molecular weight excluding hydrogens is 717 g/mol. The lowest BCUT2D eigenvalue weighted by atomic mass is 10.1. The number of ether oxygens (including phenoxy) is 1. The van der Waals surface area contributed by atoms with E-state index < -0.39 is 24.5 Å². The van der Waals surface area contributed by atoms with Gasteiger partial charge < -0.3 is 25.6 Å². The molecule has 0 aliphatic carbocycles. The van der Waals surface area contributed by atoms with Crippen molar-refractivity contribution in [2.75, 3.05) is 13.2 Å². The van der Waals surface area contributed by atoms with Crippen molar-refractivity contribution < 1.29 is 34.1 Å². The topological polar surface area (TPSA) is 142 Å². The van der Waals surface area contributed by atoms with Crippen molar-refractivity contribution >= 4 is 23.8 Å². The van der Waals surface area contributed by atoms with Gasteiger partial charge in [0.1, 0.15) is 12.1 Å². The van der Waals surface area contributed by atoms with Gasteiger partial charge in [0.25, 0.3) is 0 Å². The number of carboxylic acids is 1. The average molecular weight is 795 g/mol. The van der Waals surface area contributed by atoms with Gasteiger partial charge in [-0.25, -0.2) is 4.79 Å². The number of hydrogen-bond acceptors (Lipinski definition) is 6. The SMILES string of the molecule is CC/C=C\C/C=C\C/C=C\C/C=C\C/C=C\C(CCCCC(=O)NCC(=O)NC(CO)C(=O)O)OC(=O)CCCCCCCCC/C=C\C/C=C\CCCCCC. The molecule has 2 atom stereocenters. The van der Waals surface area contributed by atoms with Gasteiger partial charge in [0.05, 0.1) is 13.2 Å². The molecule has 0 aromatic heterocycles. The van der Waals surface area contributed by atoms with E-state index in [4.69, 9.17) is 14.9 Å². The predicted octanol–water partition coefficient (Wildman–Crippen LogP) is 10.9. The second kappa shape index (κ2) is 41.6. The van der Waals surface area contributed by atoms with Gasteiger partial charge in [0.15, 0.2) is 0 Å². The van der Waals surface area contributed by atoms with E-state index in [0.29, 0.717) is 25.7 Å². The van der Waals surface area contributed by atoms with Crippen molar-refractivity contribution in [3.8, 4) is 0 Å². The summed E-state index contributed by atoms with van der Waals surface area (Å²) in [4.78, 5) is 47.8. The Kier molecular flexibility index (Phi) is 38.7. The van der Waals surface area contributed by atoms with Crippen LogP contribution < -0.4 is 10.6 Å². The minimum atomic E-state index is -1.42. The molecule has 0 saturated carbocycles. The molecule has 322 valence electrons. The second-order valence-corrected chi connectivity index (χ2v) is 14.4. The highest BCUT2D eigenvalue weighted by atomic mass is 16.5. The van der Waals surface area contributed by atoms with E-state index in [-0.39, 0.29) is 30.9 Å². The summed E-state index contributed by atoms with van der Waals surface area (Å²) in [5.74, 6) is -2.59. The number of hydrogen-bond donors (Lipinski definition) is 4. The Bertz CT molecular complexity index is 1230. The molecule has 0 radical (unpaired) electrons. The molecule has 57 heavy (non-hydrogen) atoms. The number of carbonyl (C=O) groups excluding carboxylic acids is 3. The first-order valence-electron chi connectivity index (χ1n) is 22.0. The molecule has 4 N–H and O–H groups in total. The van der Waals surface area contributed by atoms with Crippen LogP contribution in [0.5, 0.6) is 0 Å². The van der Waals surface area contributed by atoms with Crippen LogP contribution in [-0.4, -0.2) is 59.3 Å². The zero-order valence-electron chi connectivity index (χ0n) is 35.6. The van der Waals surface area contributed by atoms with Crippen molar-refractivity contribution in [1.82, 2.24) is 10.6 Å². The van der Waals surface area contributed by atoms with E-state index in [0.717, 1.165) is 64.2 Å². The summed E-state index contributed by atoms with van der Waals surface area (Å²) < 4.78 is 5.85. The maximum atomic E-state index is 12.8. The molecule has 0 fully saturated rings. The summed E-state index contributed by atoms with van der Waals surface area (Å²) in [7, 11) is 0.